The van der Waals surface area contributed by atoms with Crippen LogP contribution in [-0.2, 0) is 0 Å². The Hall–Kier alpha value is -1.08. The number of aliphatic hydroxyl groups is 1. The Balaban J connectivity index is 4.15. The van der Waals surface area contributed by atoms with E-state index in [0.717, 1.165) is 12.8 Å². The van der Waals surface area contributed by atoms with Gasteiger partial charge in [0.2, 0.25) is 0 Å². The summed E-state index contributed by atoms with van der Waals surface area (Å²) in [5.74, 6) is 0. The second-order valence-electron chi connectivity index (χ2n) is 4.62. The van der Waals surface area contributed by atoms with Crippen LogP contribution < -0.4 is 0 Å². The van der Waals surface area contributed by atoms with E-state index in [0.29, 0.717) is 0 Å². The van der Waals surface area contributed by atoms with Gasteiger partial charge in [0.25, 0.3) is 0 Å². The summed E-state index contributed by atoms with van der Waals surface area (Å²) in [5, 5.41) is 9.64. The molecular formula is C15H24O. The van der Waals surface area contributed by atoms with Crippen molar-refractivity contribution in [1.29, 1.82) is 0 Å². The van der Waals surface area contributed by atoms with Gasteiger partial charge in [0.1, 0.15) is 0 Å². The zero-order valence-corrected chi connectivity index (χ0v) is 11.0. The van der Waals surface area contributed by atoms with Gasteiger partial charge in [-0.25, -0.2) is 0 Å². The Morgan fingerprint density at radius 3 is 2.44 bits per heavy atom. The van der Waals surface area contributed by atoms with Gasteiger partial charge in [-0.15, -0.1) is 0 Å². The molecule has 1 heteroatoms. The summed E-state index contributed by atoms with van der Waals surface area (Å²) >= 11 is 0. The van der Waals surface area contributed by atoms with Crippen molar-refractivity contribution < 1.29 is 5.11 Å². The van der Waals surface area contributed by atoms with Crippen molar-refractivity contribution in [3.63, 3.8) is 0 Å². The minimum absolute atomic E-state index is 0.906. The predicted octanol–water partition coefficient (Wildman–Crippen LogP) is 4.17. The Bertz CT molecular complexity index is 299. The summed E-state index contributed by atoms with van der Waals surface area (Å²) < 4.78 is 0. The van der Waals surface area contributed by atoms with Crippen LogP contribution in [0.5, 0.6) is 0 Å². The molecule has 0 heterocycles. The predicted molar refractivity (Wildman–Crippen MR) is 72.4 cm³/mol. The summed E-state index contributed by atoms with van der Waals surface area (Å²) in [6, 6.07) is 0. The first-order valence-electron chi connectivity index (χ1n) is 5.72. The maximum atomic E-state index is 9.64. The fourth-order valence-corrected chi connectivity index (χ4v) is 1.15. The van der Waals surface area contributed by atoms with E-state index in [1.807, 2.05) is 12.2 Å². The molecule has 0 fully saturated rings. The van der Waals surface area contributed by atoms with E-state index in [2.05, 4.69) is 33.4 Å². The summed E-state index contributed by atoms with van der Waals surface area (Å²) in [6.07, 6.45) is 11.6. The molecule has 0 aliphatic heterocycles. The van der Waals surface area contributed by atoms with Gasteiger partial charge >= 0.3 is 0 Å². The molecule has 1 unspecified atom stereocenters. The zero-order valence-electron chi connectivity index (χ0n) is 11.0. The Morgan fingerprint density at radius 1 is 1.31 bits per heavy atom. The topological polar surface area (TPSA) is 20.2 Å². The van der Waals surface area contributed by atoms with Crippen molar-refractivity contribution in [2.75, 3.05) is 0 Å². The van der Waals surface area contributed by atoms with Crippen molar-refractivity contribution in [3.05, 3.63) is 48.1 Å². The number of hydrogen-bond donors (Lipinski definition) is 1. The summed E-state index contributed by atoms with van der Waals surface area (Å²) in [4.78, 5) is 0. The molecule has 0 aromatic heterocycles. The van der Waals surface area contributed by atoms with Crippen LogP contribution >= 0.6 is 0 Å². The van der Waals surface area contributed by atoms with Gasteiger partial charge in [0, 0.05) is 0 Å². The summed E-state index contributed by atoms with van der Waals surface area (Å²) in [6.45, 7) is 11.6. The third kappa shape index (κ3) is 8.25. The molecule has 0 amide bonds. The van der Waals surface area contributed by atoms with Crippen molar-refractivity contribution >= 4 is 0 Å². The molecule has 16 heavy (non-hydrogen) atoms. The molecule has 1 nitrogen and oxygen atoms in total. The third-order valence-electron chi connectivity index (χ3n) is 2.32. The SMILES string of the molecule is C=CC(C)(O)/C=C/C=C(/C)CCC=C(C)C. The molecule has 90 valence electrons. The van der Waals surface area contributed by atoms with E-state index < -0.39 is 5.60 Å². The quantitative estimate of drug-likeness (QED) is 0.526. The lowest BCUT2D eigenvalue weighted by atomic mass is 10.1. The molecule has 0 aliphatic rings. The van der Waals surface area contributed by atoms with Gasteiger partial charge < -0.3 is 5.11 Å². The molecule has 0 aliphatic carbocycles. The molecule has 0 rings (SSSR count). The highest BCUT2D eigenvalue weighted by atomic mass is 16.3. The van der Waals surface area contributed by atoms with Gasteiger partial charge in [-0.05, 0) is 46.6 Å². The standard InChI is InChI=1S/C15H24O/c1-6-15(5,16)12-8-11-14(4)10-7-9-13(2)3/h6,8-9,11-12,16H,1,7,10H2,2-5H3/b12-8+,14-11-. The highest BCUT2D eigenvalue weighted by molar-refractivity contribution is 5.17. The second-order valence-corrected chi connectivity index (χ2v) is 4.62. The van der Waals surface area contributed by atoms with E-state index in [4.69, 9.17) is 0 Å². The maximum Gasteiger partial charge on any atom is 0.0980 e. The number of rotatable bonds is 6. The Labute approximate surface area is 99.9 Å². The van der Waals surface area contributed by atoms with Crippen LogP contribution in [0.3, 0.4) is 0 Å². The van der Waals surface area contributed by atoms with Crippen LogP contribution in [0, 0.1) is 0 Å². The average molecular weight is 220 g/mol. The van der Waals surface area contributed by atoms with Crippen molar-refractivity contribution in [2.24, 2.45) is 0 Å². The lowest BCUT2D eigenvalue weighted by Gasteiger charge is -2.11. The monoisotopic (exact) mass is 220 g/mol. The third-order valence-corrected chi connectivity index (χ3v) is 2.32. The zero-order chi connectivity index (χ0) is 12.6. The molecule has 1 atom stereocenters. The van der Waals surface area contributed by atoms with Gasteiger partial charge in [-0.1, -0.05) is 42.0 Å². The summed E-state index contributed by atoms with van der Waals surface area (Å²) in [7, 11) is 0. The van der Waals surface area contributed by atoms with Gasteiger partial charge in [-0.2, -0.15) is 0 Å². The second kappa shape index (κ2) is 7.24. The smallest absolute Gasteiger partial charge is 0.0980 e. The van der Waals surface area contributed by atoms with Crippen LogP contribution in [0.25, 0.3) is 0 Å². The largest absolute Gasteiger partial charge is 0.382 e. The molecule has 0 aromatic carbocycles. The average Bonchev–Trinajstić information content (AvgIpc) is 2.17. The van der Waals surface area contributed by atoms with Crippen LogP contribution in [0.15, 0.2) is 48.1 Å². The van der Waals surface area contributed by atoms with Crippen molar-refractivity contribution in [1.82, 2.24) is 0 Å². The van der Waals surface area contributed by atoms with E-state index in [9.17, 15) is 5.11 Å². The number of allylic oxidation sites excluding steroid dienone is 5. The highest BCUT2D eigenvalue weighted by Gasteiger charge is 2.07. The van der Waals surface area contributed by atoms with E-state index in [1.165, 1.54) is 17.2 Å². The van der Waals surface area contributed by atoms with E-state index in [-0.39, 0.29) is 0 Å². The minimum Gasteiger partial charge on any atom is -0.382 e. The number of hydrogen-bond acceptors (Lipinski definition) is 1. The molecule has 0 spiro atoms. The molecule has 0 saturated heterocycles. The Morgan fingerprint density at radius 2 is 1.94 bits per heavy atom. The molecule has 1 N–H and O–H groups in total. The maximum absolute atomic E-state index is 9.64. The van der Waals surface area contributed by atoms with Crippen molar-refractivity contribution in [2.45, 2.75) is 46.1 Å². The van der Waals surface area contributed by atoms with Crippen LogP contribution in [0.2, 0.25) is 0 Å². The van der Waals surface area contributed by atoms with E-state index in [1.54, 1.807) is 13.0 Å². The molecule has 0 radical (unpaired) electrons. The van der Waals surface area contributed by atoms with E-state index >= 15 is 0 Å². The molecule has 0 aromatic rings. The normalized spacial score (nSPS) is 15.9. The fourth-order valence-electron chi connectivity index (χ4n) is 1.15. The lowest BCUT2D eigenvalue weighted by Crippen LogP contribution is -2.15. The molecular weight excluding hydrogens is 196 g/mol. The molecule has 0 saturated carbocycles. The van der Waals surface area contributed by atoms with Crippen LogP contribution in [-0.4, -0.2) is 10.7 Å². The summed E-state index contributed by atoms with van der Waals surface area (Å²) in [5.41, 5.74) is 1.77. The first-order valence-corrected chi connectivity index (χ1v) is 5.72. The van der Waals surface area contributed by atoms with Gasteiger partial charge in [0.05, 0.1) is 5.60 Å². The Kier molecular flexibility index (Phi) is 6.75. The van der Waals surface area contributed by atoms with Crippen LogP contribution in [0.4, 0.5) is 0 Å². The van der Waals surface area contributed by atoms with Crippen LogP contribution in [0.1, 0.15) is 40.5 Å². The fraction of sp³-hybridized carbons (Fsp3) is 0.467. The van der Waals surface area contributed by atoms with Gasteiger partial charge in [-0.3, -0.25) is 0 Å². The highest BCUT2D eigenvalue weighted by Crippen LogP contribution is 2.09. The first kappa shape index (κ1) is 14.9. The first-order chi connectivity index (χ1) is 7.37. The minimum atomic E-state index is -0.906. The van der Waals surface area contributed by atoms with Gasteiger partial charge in [0.15, 0.2) is 0 Å². The van der Waals surface area contributed by atoms with Crippen molar-refractivity contribution in [3.8, 4) is 0 Å². The molecule has 0 bridgehead atoms. The lowest BCUT2D eigenvalue weighted by molar-refractivity contribution is 0.164.